The zero-order valence-electron chi connectivity index (χ0n) is 17.1. The number of hydrogen-bond acceptors (Lipinski definition) is 7. The maximum atomic E-state index is 13.2. The number of nitrogens with zero attached hydrogens (tertiary/aromatic N) is 3. The van der Waals surface area contributed by atoms with E-state index >= 15 is 0 Å². The van der Waals surface area contributed by atoms with Gasteiger partial charge in [0.05, 0.1) is 46.5 Å². The summed E-state index contributed by atoms with van der Waals surface area (Å²) >= 11 is 7.13. The Hall–Kier alpha value is -2.76. The summed E-state index contributed by atoms with van der Waals surface area (Å²) in [5.41, 5.74) is 0.375. The van der Waals surface area contributed by atoms with E-state index in [4.69, 9.17) is 20.8 Å². The van der Waals surface area contributed by atoms with E-state index in [1.54, 1.807) is 29.2 Å². The van der Waals surface area contributed by atoms with Crippen LogP contribution in [0.25, 0.3) is 11.5 Å². The molecule has 12 heteroatoms. The number of anilines is 2. The second-order valence-electron chi connectivity index (χ2n) is 7.02. The maximum absolute atomic E-state index is 13.2. The van der Waals surface area contributed by atoms with E-state index in [9.17, 15) is 18.0 Å². The van der Waals surface area contributed by atoms with Gasteiger partial charge >= 0.3 is 6.18 Å². The number of rotatable bonds is 6. The van der Waals surface area contributed by atoms with Crippen LogP contribution in [0.3, 0.4) is 0 Å². The maximum Gasteiger partial charge on any atom is 0.416 e. The van der Waals surface area contributed by atoms with Crippen LogP contribution in [0.15, 0.2) is 52.1 Å². The van der Waals surface area contributed by atoms with E-state index in [2.05, 4.69) is 15.5 Å². The normalized spacial score (nSPS) is 14.4. The van der Waals surface area contributed by atoms with Crippen molar-refractivity contribution in [3.05, 3.63) is 53.1 Å². The fourth-order valence-electron chi connectivity index (χ4n) is 3.20. The number of ether oxygens (including phenoxy) is 1. The molecule has 0 unspecified atom stereocenters. The summed E-state index contributed by atoms with van der Waals surface area (Å²) in [4.78, 5) is 14.3. The van der Waals surface area contributed by atoms with Gasteiger partial charge in [0.2, 0.25) is 11.8 Å². The molecule has 2 aromatic carbocycles. The topological polar surface area (TPSA) is 80.5 Å². The highest BCUT2D eigenvalue weighted by Gasteiger charge is 2.32. The SMILES string of the molecule is O=C(CSc1nnc(-c2ccccc2Cl)o1)Nc1ccc(C(F)(F)F)cc1N1CCOCC1. The zero-order valence-corrected chi connectivity index (χ0v) is 18.6. The minimum atomic E-state index is -4.49. The highest BCUT2D eigenvalue weighted by Crippen LogP contribution is 2.36. The first-order chi connectivity index (χ1) is 15.8. The molecule has 1 aromatic heterocycles. The molecule has 3 aromatic rings. The third kappa shape index (κ3) is 5.79. The molecule has 7 nitrogen and oxygen atoms in total. The Morgan fingerprint density at radius 3 is 2.64 bits per heavy atom. The van der Waals surface area contributed by atoms with Crippen molar-refractivity contribution in [1.82, 2.24) is 10.2 Å². The van der Waals surface area contributed by atoms with Crippen molar-refractivity contribution in [3.8, 4) is 11.5 Å². The van der Waals surface area contributed by atoms with E-state index in [0.29, 0.717) is 42.6 Å². The number of thioether (sulfide) groups is 1. The van der Waals surface area contributed by atoms with Gasteiger partial charge in [0.25, 0.3) is 5.22 Å². The number of nitrogens with one attached hydrogen (secondary N) is 1. The van der Waals surface area contributed by atoms with Gasteiger partial charge in [-0.25, -0.2) is 0 Å². The first-order valence-electron chi connectivity index (χ1n) is 9.86. The van der Waals surface area contributed by atoms with Gasteiger partial charge in [-0.15, -0.1) is 10.2 Å². The Bertz CT molecular complexity index is 1140. The van der Waals surface area contributed by atoms with Gasteiger partial charge in [0.1, 0.15) is 0 Å². The monoisotopic (exact) mass is 498 g/mol. The van der Waals surface area contributed by atoms with Crippen LogP contribution in [0.1, 0.15) is 5.56 Å². The predicted octanol–water partition coefficient (Wildman–Crippen LogP) is 4.98. The lowest BCUT2D eigenvalue weighted by atomic mass is 10.1. The van der Waals surface area contributed by atoms with Gasteiger partial charge in [-0.1, -0.05) is 35.5 Å². The standard InChI is InChI=1S/C21H18ClF3N4O3S/c22-15-4-2-1-3-14(15)19-27-28-20(32-19)33-12-18(30)26-16-6-5-13(21(23,24)25)11-17(16)29-7-9-31-10-8-29/h1-6,11H,7-10,12H2,(H,26,30). The second kappa shape index (κ2) is 10.0. The van der Waals surface area contributed by atoms with Crippen molar-refractivity contribution >= 4 is 40.6 Å². The number of carbonyl (C=O) groups is 1. The van der Waals surface area contributed by atoms with Crippen LogP contribution in [0, 0.1) is 0 Å². The number of carbonyl (C=O) groups excluding carboxylic acids is 1. The highest BCUT2D eigenvalue weighted by molar-refractivity contribution is 7.99. The molecule has 0 atom stereocenters. The molecule has 1 amide bonds. The molecule has 4 rings (SSSR count). The fourth-order valence-corrected chi connectivity index (χ4v) is 3.98. The van der Waals surface area contributed by atoms with Gasteiger partial charge in [-0.05, 0) is 30.3 Å². The average molecular weight is 499 g/mol. The summed E-state index contributed by atoms with van der Waals surface area (Å²) in [7, 11) is 0. The summed E-state index contributed by atoms with van der Waals surface area (Å²) in [6.07, 6.45) is -4.49. The van der Waals surface area contributed by atoms with Crippen molar-refractivity contribution in [2.24, 2.45) is 0 Å². The van der Waals surface area contributed by atoms with Crippen LogP contribution < -0.4 is 10.2 Å². The summed E-state index contributed by atoms with van der Waals surface area (Å²) < 4.78 is 50.5. The van der Waals surface area contributed by atoms with Crippen LogP contribution in [-0.4, -0.2) is 48.2 Å². The van der Waals surface area contributed by atoms with Crippen LogP contribution in [0.4, 0.5) is 24.5 Å². The molecule has 1 saturated heterocycles. The molecule has 174 valence electrons. The van der Waals surface area contributed by atoms with Gasteiger partial charge in [-0.3, -0.25) is 4.79 Å². The van der Waals surface area contributed by atoms with E-state index < -0.39 is 17.6 Å². The largest absolute Gasteiger partial charge is 0.416 e. The number of halogens is 4. The molecule has 1 aliphatic rings. The van der Waals surface area contributed by atoms with Gasteiger partial charge in [-0.2, -0.15) is 13.2 Å². The Kier molecular flexibility index (Phi) is 7.11. The van der Waals surface area contributed by atoms with E-state index in [-0.39, 0.29) is 22.6 Å². The van der Waals surface area contributed by atoms with Crippen LogP contribution in [0.5, 0.6) is 0 Å². The van der Waals surface area contributed by atoms with E-state index in [0.717, 1.165) is 23.9 Å². The first-order valence-corrected chi connectivity index (χ1v) is 11.2. The number of aromatic nitrogens is 2. The van der Waals surface area contributed by atoms with Gasteiger partial charge in [0, 0.05) is 13.1 Å². The molecule has 1 aliphatic heterocycles. The first kappa shape index (κ1) is 23.4. The van der Waals surface area contributed by atoms with Gasteiger partial charge < -0.3 is 19.4 Å². The Labute approximate surface area is 196 Å². The Balaban J connectivity index is 1.44. The van der Waals surface area contributed by atoms with Crippen molar-refractivity contribution in [2.75, 3.05) is 42.3 Å². The van der Waals surface area contributed by atoms with Crippen molar-refractivity contribution in [2.45, 2.75) is 11.4 Å². The lowest BCUT2D eigenvalue weighted by Gasteiger charge is -2.31. The van der Waals surface area contributed by atoms with Crippen molar-refractivity contribution in [1.29, 1.82) is 0 Å². The molecule has 0 aliphatic carbocycles. The molecule has 33 heavy (non-hydrogen) atoms. The number of amides is 1. The molecule has 0 spiro atoms. The summed E-state index contributed by atoms with van der Waals surface area (Å²) in [5.74, 6) is -0.277. The summed E-state index contributed by atoms with van der Waals surface area (Å²) in [6.45, 7) is 1.63. The van der Waals surface area contributed by atoms with Crippen molar-refractivity contribution in [3.63, 3.8) is 0 Å². The Morgan fingerprint density at radius 1 is 1.15 bits per heavy atom. The third-order valence-corrected chi connectivity index (χ3v) is 5.94. The minimum absolute atomic E-state index is 0.0757. The minimum Gasteiger partial charge on any atom is -0.411 e. The Morgan fingerprint density at radius 2 is 1.91 bits per heavy atom. The molecule has 1 fully saturated rings. The van der Waals surface area contributed by atoms with Gasteiger partial charge in [0.15, 0.2) is 0 Å². The van der Waals surface area contributed by atoms with Crippen LogP contribution >= 0.6 is 23.4 Å². The highest BCUT2D eigenvalue weighted by atomic mass is 35.5. The van der Waals surface area contributed by atoms with E-state index in [1.807, 2.05) is 0 Å². The number of benzene rings is 2. The van der Waals surface area contributed by atoms with Crippen LogP contribution in [0.2, 0.25) is 5.02 Å². The van der Waals surface area contributed by atoms with Crippen LogP contribution in [-0.2, 0) is 15.7 Å². The molecular formula is C21H18ClF3N4O3S. The van der Waals surface area contributed by atoms with E-state index in [1.165, 1.54) is 6.07 Å². The zero-order chi connectivity index (χ0) is 23.4. The molecule has 0 saturated carbocycles. The fraction of sp³-hybridized carbons (Fsp3) is 0.286. The van der Waals surface area contributed by atoms with Crippen molar-refractivity contribution < 1.29 is 27.1 Å². The lowest BCUT2D eigenvalue weighted by molar-refractivity contribution is -0.137. The third-order valence-electron chi connectivity index (χ3n) is 4.79. The predicted molar refractivity (Wildman–Crippen MR) is 119 cm³/mol. The number of alkyl halides is 3. The number of morpholine rings is 1. The average Bonchev–Trinajstić information content (AvgIpc) is 3.27. The molecule has 1 N–H and O–H groups in total. The summed E-state index contributed by atoms with van der Waals surface area (Å²) in [5, 5.41) is 11.1. The smallest absolute Gasteiger partial charge is 0.411 e. The molecule has 2 heterocycles. The molecule has 0 bridgehead atoms. The molecule has 0 radical (unpaired) electrons. The second-order valence-corrected chi connectivity index (χ2v) is 8.35. The molecular weight excluding hydrogens is 481 g/mol. The number of hydrogen-bond donors (Lipinski definition) is 1. The lowest BCUT2D eigenvalue weighted by Crippen LogP contribution is -2.37. The quantitative estimate of drug-likeness (QED) is 0.480. The summed E-state index contributed by atoms with van der Waals surface area (Å²) in [6, 6.07) is 10.2.